The number of hydrogen-bond donors (Lipinski definition) is 0. The molecule has 0 amide bonds. The molecule has 0 fully saturated rings. The van der Waals surface area contributed by atoms with Crippen molar-refractivity contribution >= 4 is 5.78 Å². The highest BCUT2D eigenvalue weighted by atomic mass is 16.1. The molecule has 0 unspecified atom stereocenters. The van der Waals surface area contributed by atoms with Crippen molar-refractivity contribution in [3.8, 4) is 12.1 Å². The molecule has 3 heteroatoms. The van der Waals surface area contributed by atoms with Crippen molar-refractivity contribution in [2.75, 3.05) is 0 Å². The Hall–Kier alpha value is -2.13. The van der Waals surface area contributed by atoms with Crippen molar-refractivity contribution in [2.45, 2.75) is 25.7 Å². The molecule has 0 radical (unpaired) electrons. The van der Waals surface area contributed by atoms with Gasteiger partial charge in [-0.1, -0.05) is 12.1 Å². The number of nitriles is 2. The van der Waals surface area contributed by atoms with Crippen LogP contribution in [0.5, 0.6) is 0 Å². The maximum Gasteiger partial charge on any atom is 0.162 e. The van der Waals surface area contributed by atoms with E-state index in [1.807, 2.05) is 12.1 Å². The van der Waals surface area contributed by atoms with Gasteiger partial charge in [0.05, 0.1) is 17.7 Å². The summed E-state index contributed by atoms with van der Waals surface area (Å²) in [7, 11) is 0. The average molecular weight is 212 g/mol. The minimum Gasteiger partial charge on any atom is -0.294 e. The molecule has 3 nitrogen and oxygen atoms in total. The summed E-state index contributed by atoms with van der Waals surface area (Å²) in [4.78, 5) is 11.7. The van der Waals surface area contributed by atoms with E-state index in [2.05, 4.69) is 0 Å². The maximum absolute atomic E-state index is 11.7. The molecule has 80 valence electrons. The Labute approximate surface area is 94.9 Å². The Morgan fingerprint density at radius 3 is 2.75 bits per heavy atom. The van der Waals surface area contributed by atoms with Gasteiger partial charge in [0.15, 0.2) is 5.78 Å². The third kappa shape index (κ3) is 3.55. The van der Waals surface area contributed by atoms with E-state index in [4.69, 9.17) is 10.5 Å². The topological polar surface area (TPSA) is 64.7 Å². The standard InChI is InChI=1S/C13H12N2O/c14-8-3-1-2-7-13(16)12-6-4-5-11(9-12)10-15/h4-6,9H,1-3,7H2. The highest BCUT2D eigenvalue weighted by Gasteiger charge is 2.05. The molecule has 0 aliphatic heterocycles. The first-order valence-electron chi connectivity index (χ1n) is 5.18. The van der Waals surface area contributed by atoms with Crippen LogP contribution in [0.15, 0.2) is 24.3 Å². The lowest BCUT2D eigenvalue weighted by atomic mass is 10.0. The van der Waals surface area contributed by atoms with Crippen molar-refractivity contribution in [3.63, 3.8) is 0 Å². The fraction of sp³-hybridized carbons (Fsp3) is 0.308. The Morgan fingerprint density at radius 2 is 2.06 bits per heavy atom. The maximum atomic E-state index is 11.7. The van der Waals surface area contributed by atoms with Crippen LogP contribution in [0.3, 0.4) is 0 Å². The Morgan fingerprint density at radius 1 is 1.25 bits per heavy atom. The van der Waals surface area contributed by atoms with E-state index < -0.39 is 0 Å². The van der Waals surface area contributed by atoms with Gasteiger partial charge in [0.1, 0.15) is 0 Å². The zero-order valence-corrected chi connectivity index (χ0v) is 8.94. The van der Waals surface area contributed by atoms with Crippen molar-refractivity contribution < 1.29 is 4.79 Å². The number of nitrogens with zero attached hydrogens (tertiary/aromatic N) is 2. The largest absolute Gasteiger partial charge is 0.294 e. The smallest absolute Gasteiger partial charge is 0.162 e. The zero-order chi connectivity index (χ0) is 11.8. The summed E-state index contributed by atoms with van der Waals surface area (Å²) in [6, 6.07) is 10.8. The zero-order valence-electron chi connectivity index (χ0n) is 8.94. The number of hydrogen-bond acceptors (Lipinski definition) is 3. The summed E-state index contributed by atoms with van der Waals surface area (Å²) in [5.74, 6) is 0.0371. The van der Waals surface area contributed by atoms with Crippen molar-refractivity contribution in [2.24, 2.45) is 0 Å². The van der Waals surface area contributed by atoms with Crippen LogP contribution < -0.4 is 0 Å². The lowest BCUT2D eigenvalue weighted by Gasteiger charge is -2.00. The SMILES string of the molecule is N#CCCCCC(=O)c1cccc(C#N)c1. The van der Waals surface area contributed by atoms with E-state index in [9.17, 15) is 4.79 Å². The number of carbonyl (C=O) groups is 1. The van der Waals surface area contributed by atoms with Gasteiger partial charge in [-0.15, -0.1) is 0 Å². The summed E-state index contributed by atoms with van der Waals surface area (Å²) in [5.41, 5.74) is 1.08. The van der Waals surface area contributed by atoms with Crippen LogP contribution in [0, 0.1) is 22.7 Å². The molecule has 1 aromatic rings. The van der Waals surface area contributed by atoms with Crippen LogP contribution in [0.25, 0.3) is 0 Å². The van der Waals surface area contributed by atoms with E-state index in [1.165, 1.54) is 0 Å². The number of carbonyl (C=O) groups excluding carboxylic acids is 1. The third-order valence-electron chi connectivity index (χ3n) is 2.26. The predicted octanol–water partition coefficient (Wildman–Crippen LogP) is 2.82. The Bertz CT molecular complexity index is 452. The van der Waals surface area contributed by atoms with Crippen molar-refractivity contribution in [3.05, 3.63) is 35.4 Å². The van der Waals surface area contributed by atoms with E-state index in [-0.39, 0.29) is 5.78 Å². The van der Waals surface area contributed by atoms with Crippen LogP contribution in [-0.4, -0.2) is 5.78 Å². The van der Waals surface area contributed by atoms with E-state index in [0.717, 1.165) is 12.8 Å². The number of Topliss-reactive ketones (excluding diaryl/α,β-unsaturated/α-hetero) is 1. The van der Waals surface area contributed by atoms with Crippen LogP contribution in [-0.2, 0) is 0 Å². The van der Waals surface area contributed by atoms with Gasteiger partial charge in [0.2, 0.25) is 0 Å². The first kappa shape index (κ1) is 11.9. The van der Waals surface area contributed by atoms with Crippen LogP contribution in [0.4, 0.5) is 0 Å². The van der Waals surface area contributed by atoms with Gasteiger partial charge in [0.25, 0.3) is 0 Å². The minimum atomic E-state index is 0.0371. The molecule has 0 heterocycles. The Balaban J connectivity index is 2.54. The fourth-order valence-corrected chi connectivity index (χ4v) is 1.40. The number of ketones is 1. The molecular formula is C13H12N2O. The highest BCUT2D eigenvalue weighted by Crippen LogP contribution is 2.10. The van der Waals surface area contributed by atoms with E-state index in [0.29, 0.717) is 24.0 Å². The summed E-state index contributed by atoms with van der Waals surface area (Å²) >= 11 is 0. The van der Waals surface area contributed by atoms with Gasteiger partial charge >= 0.3 is 0 Å². The molecule has 16 heavy (non-hydrogen) atoms. The van der Waals surface area contributed by atoms with Crippen molar-refractivity contribution in [1.29, 1.82) is 10.5 Å². The molecule has 0 aliphatic carbocycles. The number of rotatable bonds is 5. The summed E-state index contributed by atoms with van der Waals surface area (Å²) < 4.78 is 0. The highest BCUT2D eigenvalue weighted by molar-refractivity contribution is 5.96. The van der Waals surface area contributed by atoms with Crippen molar-refractivity contribution in [1.82, 2.24) is 0 Å². The van der Waals surface area contributed by atoms with Gasteiger partial charge in [0, 0.05) is 18.4 Å². The molecule has 0 spiro atoms. The third-order valence-corrected chi connectivity index (χ3v) is 2.26. The predicted molar refractivity (Wildman–Crippen MR) is 59.6 cm³/mol. The molecule has 0 bridgehead atoms. The molecule has 1 rings (SSSR count). The fourth-order valence-electron chi connectivity index (χ4n) is 1.40. The molecule has 1 aromatic carbocycles. The Kier molecular flexibility index (Phi) is 4.76. The van der Waals surface area contributed by atoms with Gasteiger partial charge in [-0.05, 0) is 25.0 Å². The monoisotopic (exact) mass is 212 g/mol. The van der Waals surface area contributed by atoms with Crippen LogP contribution in [0.1, 0.15) is 41.6 Å². The normalized spacial score (nSPS) is 9.12. The van der Waals surface area contributed by atoms with Gasteiger partial charge in [-0.3, -0.25) is 4.79 Å². The first-order chi connectivity index (χ1) is 7.77. The second-order valence-corrected chi connectivity index (χ2v) is 3.48. The van der Waals surface area contributed by atoms with Crippen LogP contribution in [0.2, 0.25) is 0 Å². The molecule has 0 aromatic heterocycles. The first-order valence-corrected chi connectivity index (χ1v) is 5.18. The number of benzene rings is 1. The molecule has 0 saturated heterocycles. The average Bonchev–Trinajstić information content (AvgIpc) is 2.34. The van der Waals surface area contributed by atoms with Crippen LogP contribution >= 0.6 is 0 Å². The van der Waals surface area contributed by atoms with E-state index >= 15 is 0 Å². The molecular weight excluding hydrogens is 200 g/mol. The summed E-state index contributed by atoms with van der Waals surface area (Å²) in [6.07, 6.45) is 2.41. The number of unbranched alkanes of at least 4 members (excludes halogenated alkanes) is 2. The lowest BCUT2D eigenvalue weighted by molar-refractivity contribution is 0.0979. The van der Waals surface area contributed by atoms with Gasteiger partial charge in [-0.2, -0.15) is 10.5 Å². The lowest BCUT2D eigenvalue weighted by Crippen LogP contribution is -1.99. The second-order valence-electron chi connectivity index (χ2n) is 3.48. The quantitative estimate of drug-likeness (QED) is 0.556. The van der Waals surface area contributed by atoms with Gasteiger partial charge < -0.3 is 0 Å². The molecule has 0 saturated carbocycles. The minimum absolute atomic E-state index is 0.0371. The molecule has 0 N–H and O–H groups in total. The second kappa shape index (κ2) is 6.37. The van der Waals surface area contributed by atoms with E-state index in [1.54, 1.807) is 24.3 Å². The summed E-state index contributed by atoms with van der Waals surface area (Å²) in [5, 5.41) is 17.0. The molecule has 0 atom stereocenters. The molecule has 0 aliphatic rings. The summed E-state index contributed by atoms with van der Waals surface area (Å²) in [6.45, 7) is 0. The van der Waals surface area contributed by atoms with Gasteiger partial charge in [-0.25, -0.2) is 0 Å².